The van der Waals surface area contributed by atoms with Gasteiger partial charge in [0.1, 0.15) is 6.29 Å². The molecule has 0 saturated heterocycles. The minimum absolute atomic E-state index is 0.161. The maximum Gasteiger partial charge on any atom is 0.309 e. The first kappa shape index (κ1) is 9.37. The van der Waals surface area contributed by atoms with E-state index in [0.29, 0.717) is 17.8 Å². The fraction of sp³-hybridized carbons (Fsp3) is 0.833. The molecule has 15 heavy (non-hydrogen) atoms. The second-order valence-corrected chi connectivity index (χ2v) is 5.77. The monoisotopic (exact) mass is 208 g/mol. The molecule has 2 unspecified atom stereocenters. The van der Waals surface area contributed by atoms with Crippen molar-refractivity contribution in [2.24, 2.45) is 29.1 Å². The van der Waals surface area contributed by atoms with Gasteiger partial charge in [0.25, 0.3) is 0 Å². The first-order valence-electron chi connectivity index (χ1n) is 5.83. The van der Waals surface area contributed by atoms with Crippen LogP contribution in [0.15, 0.2) is 0 Å². The van der Waals surface area contributed by atoms with Crippen LogP contribution in [0.2, 0.25) is 0 Å². The highest BCUT2D eigenvalue weighted by atomic mass is 16.4. The van der Waals surface area contributed by atoms with E-state index in [1.54, 1.807) is 0 Å². The van der Waals surface area contributed by atoms with Crippen LogP contribution in [0.3, 0.4) is 0 Å². The SMILES string of the molecule is O=CC1C2CC3CC1CC(C(=O)O)(C3)C2. The van der Waals surface area contributed by atoms with Gasteiger partial charge >= 0.3 is 5.97 Å². The Morgan fingerprint density at radius 1 is 1.20 bits per heavy atom. The largest absolute Gasteiger partial charge is 0.481 e. The van der Waals surface area contributed by atoms with Gasteiger partial charge in [-0.25, -0.2) is 0 Å². The number of rotatable bonds is 2. The second kappa shape index (κ2) is 2.83. The van der Waals surface area contributed by atoms with Crippen molar-refractivity contribution >= 4 is 12.3 Å². The lowest BCUT2D eigenvalue weighted by atomic mass is 9.46. The Kier molecular flexibility index (Phi) is 1.77. The van der Waals surface area contributed by atoms with E-state index in [9.17, 15) is 14.7 Å². The molecule has 4 aliphatic rings. The van der Waals surface area contributed by atoms with E-state index in [-0.39, 0.29) is 5.92 Å². The van der Waals surface area contributed by atoms with Crippen molar-refractivity contribution in [2.45, 2.75) is 32.1 Å². The average molecular weight is 208 g/mol. The summed E-state index contributed by atoms with van der Waals surface area (Å²) in [6, 6.07) is 0. The molecule has 0 amide bonds. The fourth-order valence-corrected chi connectivity index (χ4v) is 4.55. The van der Waals surface area contributed by atoms with E-state index in [0.717, 1.165) is 38.4 Å². The molecule has 4 aliphatic carbocycles. The zero-order valence-corrected chi connectivity index (χ0v) is 8.69. The summed E-state index contributed by atoms with van der Waals surface area (Å²) in [5, 5.41) is 9.35. The Bertz CT molecular complexity index is 307. The van der Waals surface area contributed by atoms with Crippen molar-refractivity contribution in [3.05, 3.63) is 0 Å². The molecule has 3 nitrogen and oxygen atoms in total. The maximum absolute atomic E-state index is 11.4. The molecule has 0 aromatic heterocycles. The van der Waals surface area contributed by atoms with Gasteiger partial charge in [0.2, 0.25) is 0 Å². The van der Waals surface area contributed by atoms with Crippen LogP contribution in [0.1, 0.15) is 32.1 Å². The van der Waals surface area contributed by atoms with Crippen molar-refractivity contribution in [3.63, 3.8) is 0 Å². The topological polar surface area (TPSA) is 54.4 Å². The Labute approximate surface area is 88.9 Å². The van der Waals surface area contributed by atoms with Gasteiger partial charge in [0, 0.05) is 5.92 Å². The number of carboxylic acids is 1. The van der Waals surface area contributed by atoms with Crippen LogP contribution >= 0.6 is 0 Å². The molecular formula is C12H16O3. The van der Waals surface area contributed by atoms with Gasteiger partial charge in [0.15, 0.2) is 0 Å². The van der Waals surface area contributed by atoms with Crippen LogP contribution < -0.4 is 0 Å². The summed E-state index contributed by atoms with van der Waals surface area (Å²) in [6.07, 6.45) is 5.63. The molecule has 0 heterocycles. The summed E-state index contributed by atoms with van der Waals surface area (Å²) >= 11 is 0. The summed E-state index contributed by atoms with van der Waals surface area (Å²) in [7, 11) is 0. The first-order valence-corrected chi connectivity index (χ1v) is 5.83. The highest BCUT2D eigenvalue weighted by Gasteiger charge is 2.58. The third-order valence-electron chi connectivity index (χ3n) is 4.96. The smallest absolute Gasteiger partial charge is 0.309 e. The molecule has 0 aromatic carbocycles. The average Bonchev–Trinajstić information content (AvgIpc) is 2.16. The number of hydrogen-bond acceptors (Lipinski definition) is 2. The number of carbonyl (C=O) groups excluding carboxylic acids is 1. The normalized spacial score (nSPS) is 51.7. The van der Waals surface area contributed by atoms with Gasteiger partial charge in [-0.3, -0.25) is 4.79 Å². The van der Waals surface area contributed by atoms with Gasteiger partial charge < -0.3 is 9.90 Å². The molecule has 0 aromatic rings. The Morgan fingerprint density at radius 2 is 1.80 bits per heavy atom. The van der Waals surface area contributed by atoms with E-state index in [1.165, 1.54) is 0 Å². The van der Waals surface area contributed by atoms with Crippen LogP contribution in [0.5, 0.6) is 0 Å². The quantitative estimate of drug-likeness (QED) is 0.703. The lowest BCUT2D eigenvalue weighted by Gasteiger charge is -2.57. The van der Waals surface area contributed by atoms with Crippen molar-refractivity contribution in [3.8, 4) is 0 Å². The predicted octanol–water partition coefficient (Wildman–Crippen LogP) is 1.71. The van der Waals surface area contributed by atoms with Crippen molar-refractivity contribution in [2.75, 3.05) is 0 Å². The zero-order valence-electron chi connectivity index (χ0n) is 8.69. The van der Waals surface area contributed by atoms with E-state index in [2.05, 4.69) is 0 Å². The van der Waals surface area contributed by atoms with Crippen molar-refractivity contribution in [1.29, 1.82) is 0 Å². The molecule has 4 fully saturated rings. The van der Waals surface area contributed by atoms with Crippen LogP contribution in [0, 0.1) is 29.1 Å². The minimum atomic E-state index is -0.619. The lowest BCUT2D eigenvalue weighted by molar-refractivity contribution is -0.171. The summed E-state index contributed by atoms with van der Waals surface area (Å²) in [6.45, 7) is 0. The number of aldehydes is 1. The van der Waals surface area contributed by atoms with Gasteiger partial charge in [-0.05, 0) is 49.9 Å². The maximum atomic E-state index is 11.4. The molecule has 2 atom stereocenters. The highest BCUT2D eigenvalue weighted by Crippen LogP contribution is 2.61. The molecule has 0 radical (unpaired) electrons. The molecule has 4 saturated carbocycles. The molecule has 3 heteroatoms. The molecule has 0 aliphatic heterocycles. The van der Waals surface area contributed by atoms with Crippen LogP contribution in [-0.4, -0.2) is 17.4 Å². The van der Waals surface area contributed by atoms with E-state index >= 15 is 0 Å². The standard InChI is InChI=1S/C12H16O3/c13-6-10-8-1-7-2-9(10)5-12(3-7,4-8)11(14)15/h6-10H,1-5H2,(H,14,15). The Balaban J connectivity index is 1.95. The Morgan fingerprint density at radius 3 is 2.27 bits per heavy atom. The molecular weight excluding hydrogens is 192 g/mol. The van der Waals surface area contributed by atoms with Gasteiger partial charge in [-0.2, -0.15) is 0 Å². The summed E-state index contributed by atoms with van der Waals surface area (Å²) in [5.41, 5.74) is -0.462. The molecule has 82 valence electrons. The Hall–Kier alpha value is -0.860. The van der Waals surface area contributed by atoms with Crippen LogP contribution in [-0.2, 0) is 9.59 Å². The number of aliphatic carboxylic acids is 1. The first-order chi connectivity index (χ1) is 7.14. The van der Waals surface area contributed by atoms with Gasteiger partial charge in [-0.15, -0.1) is 0 Å². The van der Waals surface area contributed by atoms with E-state index < -0.39 is 11.4 Å². The van der Waals surface area contributed by atoms with Crippen molar-refractivity contribution in [1.82, 2.24) is 0 Å². The predicted molar refractivity (Wildman–Crippen MR) is 53.2 cm³/mol. The summed E-state index contributed by atoms with van der Waals surface area (Å²) in [5.74, 6) is 0.852. The summed E-state index contributed by atoms with van der Waals surface area (Å²) in [4.78, 5) is 22.4. The number of carbonyl (C=O) groups is 2. The zero-order chi connectivity index (χ0) is 10.6. The van der Waals surface area contributed by atoms with Crippen molar-refractivity contribution < 1.29 is 14.7 Å². The number of hydrogen-bond donors (Lipinski definition) is 1. The lowest BCUT2D eigenvalue weighted by Crippen LogP contribution is -2.54. The third kappa shape index (κ3) is 1.12. The molecule has 4 rings (SSSR count). The fourth-order valence-electron chi connectivity index (χ4n) is 4.55. The highest BCUT2D eigenvalue weighted by molar-refractivity contribution is 5.76. The van der Waals surface area contributed by atoms with Crippen LogP contribution in [0.4, 0.5) is 0 Å². The molecule has 0 spiro atoms. The second-order valence-electron chi connectivity index (χ2n) is 5.77. The molecule has 4 bridgehead atoms. The van der Waals surface area contributed by atoms with Crippen LogP contribution in [0.25, 0.3) is 0 Å². The van der Waals surface area contributed by atoms with Gasteiger partial charge in [-0.1, -0.05) is 0 Å². The van der Waals surface area contributed by atoms with E-state index in [1.807, 2.05) is 0 Å². The molecule has 1 N–H and O–H groups in total. The van der Waals surface area contributed by atoms with E-state index in [4.69, 9.17) is 0 Å². The third-order valence-corrected chi connectivity index (χ3v) is 4.96. The van der Waals surface area contributed by atoms with Gasteiger partial charge in [0.05, 0.1) is 5.41 Å². The number of carboxylic acid groups (broad SMARTS) is 1. The summed E-state index contributed by atoms with van der Waals surface area (Å²) < 4.78 is 0. The minimum Gasteiger partial charge on any atom is -0.481 e.